The Morgan fingerprint density at radius 2 is 2.17 bits per heavy atom. The summed E-state index contributed by atoms with van der Waals surface area (Å²) >= 11 is 3.48. The summed E-state index contributed by atoms with van der Waals surface area (Å²) in [6.07, 6.45) is 3.76. The summed E-state index contributed by atoms with van der Waals surface area (Å²) in [6, 6.07) is 10.7. The average molecular weight is 308 g/mol. The summed E-state index contributed by atoms with van der Waals surface area (Å²) < 4.78 is 6.46. The zero-order valence-electron chi connectivity index (χ0n) is 10.7. The molecular formula is C15H18BrNO. The van der Waals surface area contributed by atoms with Crippen LogP contribution in [0.25, 0.3) is 0 Å². The van der Waals surface area contributed by atoms with Crippen molar-refractivity contribution in [2.45, 2.75) is 32.7 Å². The van der Waals surface area contributed by atoms with E-state index in [0.717, 1.165) is 23.1 Å². The fourth-order valence-corrected chi connectivity index (χ4v) is 2.42. The third-order valence-corrected chi connectivity index (χ3v) is 3.49. The van der Waals surface area contributed by atoms with Crippen LogP contribution in [0, 0.1) is 6.92 Å². The van der Waals surface area contributed by atoms with Crippen LogP contribution in [0.3, 0.4) is 0 Å². The van der Waals surface area contributed by atoms with Gasteiger partial charge in [0.15, 0.2) is 0 Å². The quantitative estimate of drug-likeness (QED) is 0.859. The van der Waals surface area contributed by atoms with Crippen molar-refractivity contribution in [3.8, 4) is 0 Å². The Labute approximate surface area is 117 Å². The number of anilines is 1. The largest absolute Gasteiger partial charge is 0.469 e. The number of benzene rings is 1. The zero-order valence-corrected chi connectivity index (χ0v) is 12.3. The number of rotatable bonds is 5. The molecular weight excluding hydrogens is 290 g/mol. The van der Waals surface area contributed by atoms with E-state index in [4.69, 9.17) is 4.42 Å². The second kappa shape index (κ2) is 6.10. The van der Waals surface area contributed by atoms with Gasteiger partial charge in [-0.05, 0) is 56.2 Å². The van der Waals surface area contributed by atoms with Gasteiger partial charge in [0.2, 0.25) is 0 Å². The van der Waals surface area contributed by atoms with Crippen LogP contribution in [-0.2, 0) is 6.42 Å². The van der Waals surface area contributed by atoms with Crippen molar-refractivity contribution in [3.05, 3.63) is 52.4 Å². The van der Waals surface area contributed by atoms with E-state index in [1.54, 1.807) is 6.26 Å². The van der Waals surface area contributed by atoms with E-state index in [9.17, 15) is 0 Å². The lowest BCUT2D eigenvalue weighted by atomic mass is 10.1. The van der Waals surface area contributed by atoms with E-state index in [-0.39, 0.29) is 0 Å². The fraction of sp³-hybridized carbons (Fsp3) is 0.333. The topological polar surface area (TPSA) is 25.2 Å². The highest BCUT2D eigenvalue weighted by molar-refractivity contribution is 9.10. The highest BCUT2D eigenvalue weighted by Crippen LogP contribution is 2.21. The van der Waals surface area contributed by atoms with Crippen LogP contribution < -0.4 is 5.32 Å². The first-order chi connectivity index (χ1) is 8.65. The van der Waals surface area contributed by atoms with Gasteiger partial charge in [-0.2, -0.15) is 0 Å². The molecule has 1 aromatic carbocycles. The first-order valence-corrected chi connectivity index (χ1v) is 6.99. The normalized spacial score (nSPS) is 12.4. The Bertz CT molecular complexity index is 493. The summed E-state index contributed by atoms with van der Waals surface area (Å²) in [4.78, 5) is 0. The molecule has 0 aliphatic heterocycles. The summed E-state index contributed by atoms with van der Waals surface area (Å²) in [5.41, 5.74) is 2.46. The smallest absolute Gasteiger partial charge is 0.103 e. The van der Waals surface area contributed by atoms with Gasteiger partial charge in [0, 0.05) is 22.6 Å². The number of aryl methyl sites for hydroxylation is 2. The monoisotopic (exact) mass is 307 g/mol. The summed E-state index contributed by atoms with van der Waals surface area (Å²) in [5.74, 6) is 1.05. The second-order valence-electron chi connectivity index (χ2n) is 4.62. The van der Waals surface area contributed by atoms with E-state index >= 15 is 0 Å². The molecule has 0 saturated carbocycles. The number of nitrogens with one attached hydrogen (secondary N) is 1. The highest BCUT2D eigenvalue weighted by Gasteiger charge is 2.06. The molecule has 18 heavy (non-hydrogen) atoms. The molecule has 0 amide bonds. The van der Waals surface area contributed by atoms with Crippen LogP contribution >= 0.6 is 15.9 Å². The van der Waals surface area contributed by atoms with Crippen LogP contribution in [-0.4, -0.2) is 6.04 Å². The van der Waals surface area contributed by atoms with Crippen molar-refractivity contribution in [2.24, 2.45) is 0 Å². The molecule has 0 aliphatic rings. The molecule has 2 aromatic rings. The lowest BCUT2D eigenvalue weighted by molar-refractivity contribution is 0.495. The first kappa shape index (κ1) is 13.2. The number of hydrogen-bond donors (Lipinski definition) is 1. The zero-order chi connectivity index (χ0) is 13.0. The molecule has 2 rings (SSSR count). The molecule has 1 atom stereocenters. The molecule has 1 aromatic heterocycles. The van der Waals surface area contributed by atoms with Crippen molar-refractivity contribution in [1.29, 1.82) is 0 Å². The SMILES string of the molecule is Cc1cc(Br)ccc1NC(C)CCc1ccco1. The standard InChI is InChI=1S/C15H18BrNO/c1-11-10-13(16)6-8-15(11)17-12(2)5-7-14-4-3-9-18-14/h3-4,6,8-10,12,17H,5,7H2,1-2H3. The van der Waals surface area contributed by atoms with Gasteiger partial charge in [-0.1, -0.05) is 15.9 Å². The van der Waals surface area contributed by atoms with Crippen molar-refractivity contribution < 1.29 is 4.42 Å². The average Bonchev–Trinajstić information content (AvgIpc) is 2.83. The number of halogens is 1. The Balaban J connectivity index is 1.88. The van der Waals surface area contributed by atoms with Crippen LogP contribution in [0.15, 0.2) is 45.5 Å². The van der Waals surface area contributed by atoms with E-state index in [1.165, 1.54) is 11.3 Å². The maximum Gasteiger partial charge on any atom is 0.103 e. The Kier molecular flexibility index (Phi) is 4.48. The van der Waals surface area contributed by atoms with Crippen molar-refractivity contribution >= 4 is 21.6 Å². The van der Waals surface area contributed by atoms with Gasteiger partial charge in [-0.25, -0.2) is 0 Å². The van der Waals surface area contributed by atoms with Crippen LogP contribution in [0.5, 0.6) is 0 Å². The van der Waals surface area contributed by atoms with Gasteiger partial charge < -0.3 is 9.73 Å². The predicted octanol–water partition coefficient (Wildman–Crippen LogP) is 4.78. The van der Waals surface area contributed by atoms with Gasteiger partial charge in [-0.3, -0.25) is 0 Å². The number of furan rings is 1. The van der Waals surface area contributed by atoms with E-state index < -0.39 is 0 Å². The third-order valence-electron chi connectivity index (χ3n) is 2.99. The fourth-order valence-electron chi connectivity index (χ4n) is 1.94. The van der Waals surface area contributed by atoms with Gasteiger partial charge in [-0.15, -0.1) is 0 Å². The minimum Gasteiger partial charge on any atom is -0.469 e. The summed E-state index contributed by atoms with van der Waals surface area (Å²) in [5, 5.41) is 3.54. The minimum atomic E-state index is 0.426. The van der Waals surface area contributed by atoms with Crippen LogP contribution in [0.1, 0.15) is 24.7 Å². The summed E-state index contributed by atoms with van der Waals surface area (Å²) in [7, 11) is 0. The Morgan fingerprint density at radius 3 is 2.83 bits per heavy atom. The Morgan fingerprint density at radius 1 is 1.33 bits per heavy atom. The molecule has 0 bridgehead atoms. The van der Waals surface area contributed by atoms with E-state index in [2.05, 4.69) is 53.3 Å². The van der Waals surface area contributed by atoms with Crippen molar-refractivity contribution in [3.63, 3.8) is 0 Å². The molecule has 2 nitrogen and oxygen atoms in total. The summed E-state index contributed by atoms with van der Waals surface area (Å²) in [6.45, 7) is 4.32. The van der Waals surface area contributed by atoms with Gasteiger partial charge >= 0.3 is 0 Å². The highest BCUT2D eigenvalue weighted by atomic mass is 79.9. The first-order valence-electron chi connectivity index (χ1n) is 6.20. The lowest BCUT2D eigenvalue weighted by Gasteiger charge is -2.16. The molecule has 1 N–H and O–H groups in total. The van der Waals surface area contributed by atoms with E-state index in [0.29, 0.717) is 6.04 Å². The molecule has 0 radical (unpaired) electrons. The maximum absolute atomic E-state index is 5.34. The van der Waals surface area contributed by atoms with Gasteiger partial charge in [0.1, 0.15) is 5.76 Å². The van der Waals surface area contributed by atoms with Gasteiger partial charge in [0.05, 0.1) is 6.26 Å². The van der Waals surface area contributed by atoms with Crippen LogP contribution in [0.2, 0.25) is 0 Å². The molecule has 0 saturated heterocycles. The maximum atomic E-state index is 5.34. The molecule has 0 fully saturated rings. The van der Waals surface area contributed by atoms with Gasteiger partial charge in [0.25, 0.3) is 0 Å². The molecule has 1 unspecified atom stereocenters. The number of hydrogen-bond acceptors (Lipinski definition) is 2. The minimum absolute atomic E-state index is 0.426. The molecule has 3 heteroatoms. The molecule has 0 aliphatic carbocycles. The van der Waals surface area contributed by atoms with E-state index in [1.807, 2.05) is 12.1 Å². The van der Waals surface area contributed by atoms with Crippen molar-refractivity contribution in [2.75, 3.05) is 5.32 Å². The lowest BCUT2D eigenvalue weighted by Crippen LogP contribution is -2.16. The molecule has 1 heterocycles. The predicted molar refractivity (Wildman–Crippen MR) is 79.0 cm³/mol. The Hall–Kier alpha value is -1.22. The van der Waals surface area contributed by atoms with Crippen molar-refractivity contribution in [1.82, 2.24) is 0 Å². The third kappa shape index (κ3) is 3.64. The second-order valence-corrected chi connectivity index (χ2v) is 5.54. The molecule has 0 spiro atoms. The molecule has 96 valence electrons. The van der Waals surface area contributed by atoms with Crippen LogP contribution in [0.4, 0.5) is 5.69 Å².